The first-order valence-corrected chi connectivity index (χ1v) is 7.73. The van der Waals surface area contributed by atoms with Crippen LogP contribution in [0.1, 0.15) is 15.9 Å². The lowest BCUT2D eigenvalue weighted by atomic mass is 10.2. The topological polar surface area (TPSA) is 75.8 Å². The Morgan fingerprint density at radius 2 is 2.05 bits per heavy atom. The second-order valence-corrected chi connectivity index (χ2v) is 6.18. The average molecular weight is 316 g/mol. The third-order valence-electron chi connectivity index (χ3n) is 3.40. The molecule has 0 aromatic heterocycles. The molecular formula is C16H16N2O3S. The summed E-state index contributed by atoms with van der Waals surface area (Å²) < 4.78 is 5.67. The van der Waals surface area contributed by atoms with Crippen LogP contribution in [0.4, 0.5) is 5.69 Å². The molecule has 0 spiro atoms. The highest BCUT2D eigenvalue weighted by molar-refractivity contribution is 8.00. The zero-order chi connectivity index (χ0) is 15.5. The van der Waals surface area contributed by atoms with E-state index in [-0.39, 0.29) is 5.37 Å². The van der Waals surface area contributed by atoms with Crippen LogP contribution in [0.2, 0.25) is 0 Å². The zero-order valence-electron chi connectivity index (χ0n) is 11.8. The molecule has 0 fully saturated rings. The molecular weight excluding hydrogens is 300 g/mol. The molecule has 0 saturated heterocycles. The number of hydroxylamine groups is 1. The van der Waals surface area contributed by atoms with Gasteiger partial charge >= 0.3 is 0 Å². The number of primary amides is 1. The molecule has 1 amide bonds. The Morgan fingerprint density at radius 3 is 2.77 bits per heavy atom. The molecule has 1 unspecified atom stereocenters. The molecule has 6 heteroatoms. The Hall–Kier alpha value is -2.02. The molecule has 3 N–H and O–H groups in total. The summed E-state index contributed by atoms with van der Waals surface area (Å²) in [5.41, 5.74) is 7.32. The number of nitrogens with two attached hydrogens (primary N) is 1. The summed E-state index contributed by atoms with van der Waals surface area (Å²) >= 11 is 1.50. The predicted octanol–water partition coefficient (Wildman–Crippen LogP) is 2.63. The fraction of sp³-hybridized carbons (Fsp3) is 0.188. The van der Waals surface area contributed by atoms with Gasteiger partial charge in [-0.15, -0.1) is 0 Å². The third kappa shape index (κ3) is 3.09. The van der Waals surface area contributed by atoms with Crippen molar-refractivity contribution < 1.29 is 14.7 Å². The minimum absolute atomic E-state index is 0.234. The maximum Gasteiger partial charge on any atom is 0.248 e. The number of hydrogen-bond acceptors (Lipinski definition) is 5. The van der Waals surface area contributed by atoms with E-state index in [2.05, 4.69) is 0 Å². The molecule has 22 heavy (non-hydrogen) atoms. The van der Waals surface area contributed by atoms with E-state index in [4.69, 9.17) is 10.5 Å². The molecule has 0 radical (unpaired) electrons. The van der Waals surface area contributed by atoms with Gasteiger partial charge in [-0.2, -0.15) is 0 Å². The van der Waals surface area contributed by atoms with Crippen LogP contribution in [-0.2, 0) is 11.3 Å². The lowest BCUT2D eigenvalue weighted by molar-refractivity contribution is 0.0999. The van der Waals surface area contributed by atoms with Gasteiger partial charge in [0.1, 0.15) is 5.37 Å². The minimum atomic E-state index is -0.509. The van der Waals surface area contributed by atoms with Crippen LogP contribution >= 0.6 is 11.8 Å². The number of anilines is 1. The van der Waals surface area contributed by atoms with Crippen molar-refractivity contribution in [1.29, 1.82) is 0 Å². The van der Waals surface area contributed by atoms with Crippen LogP contribution in [-0.4, -0.2) is 23.1 Å². The van der Waals surface area contributed by atoms with Crippen molar-refractivity contribution in [1.82, 2.24) is 0 Å². The summed E-state index contributed by atoms with van der Waals surface area (Å²) in [7, 11) is 0. The van der Waals surface area contributed by atoms with Crippen LogP contribution in [0, 0.1) is 0 Å². The van der Waals surface area contributed by atoms with Crippen LogP contribution in [0.25, 0.3) is 0 Å². The average Bonchev–Trinajstić information content (AvgIpc) is 2.84. The van der Waals surface area contributed by atoms with Crippen LogP contribution in [0.3, 0.4) is 0 Å². The first kappa shape index (κ1) is 14.9. The van der Waals surface area contributed by atoms with E-state index in [1.165, 1.54) is 11.8 Å². The van der Waals surface area contributed by atoms with E-state index >= 15 is 0 Å². The van der Waals surface area contributed by atoms with Crippen molar-refractivity contribution in [3.63, 3.8) is 0 Å². The van der Waals surface area contributed by atoms with Crippen LogP contribution < -0.4 is 10.8 Å². The molecule has 1 heterocycles. The quantitative estimate of drug-likeness (QED) is 0.887. The van der Waals surface area contributed by atoms with Crippen molar-refractivity contribution in [2.45, 2.75) is 16.9 Å². The molecule has 3 rings (SSSR count). The molecule has 1 atom stereocenters. The SMILES string of the molecule is NC(=O)c1ccc2c(c1)N(O)C(COCc1ccccc1)S2. The zero-order valence-corrected chi connectivity index (χ0v) is 12.6. The van der Waals surface area contributed by atoms with Gasteiger partial charge in [-0.1, -0.05) is 42.1 Å². The number of benzene rings is 2. The number of amides is 1. The van der Waals surface area contributed by atoms with Gasteiger partial charge in [-0.25, -0.2) is 5.06 Å². The van der Waals surface area contributed by atoms with Crippen LogP contribution in [0.15, 0.2) is 53.4 Å². The molecule has 1 aliphatic heterocycles. The number of carbonyl (C=O) groups is 1. The second kappa shape index (κ2) is 6.39. The summed E-state index contributed by atoms with van der Waals surface area (Å²) in [4.78, 5) is 12.1. The summed E-state index contributed by atoms with van der Waals surface area (Å²) in [6.45, 7) is 0.866. The van der Waals surface area contributed by atoms with Crippen LogP contribution in [0.5, 0.6) is 0 Å². The number of carbonyl (C=O) groups excluding carboxylic acids is 1. The van der Waals surface area contributed by atoms with Gasteiger partial charge in [0.15, 0.2) is 0 Å². The van der Waals surface area contributed by atoms with E-state index in [9.17, 15) is 10.0 Å². The van der Waals surface area contributed by atoms with E-state index in [0.717, 1.165) is 15.5 Å². The standard InChI is InChI=1S/C16H16N2O3S/c17-16(19)12-6-7-14-13(8-12)18(20)15(22-14)10-21-9-11-4-2-1-3-5-11/h1-8,15,20H,9-10H2,(H2,17,19). The van der Waals surface area contributed by atoms with Gasteiger partial charge in [-0.3, -0.25) is 10.0 Å². The Balaban J connectivity index is 1.61. The molecule has 2 aromatic rings. The fourth-order valence-corrected chi connectivity index (χ4v) is 3.35. The highest BCUT2D eigenvalue weighted by Gasteiger charge is 2.30. The van der Waals surface area contributed by atoms with E-state index in [1.54, 1.807) is 18.2 Å². The summed E-state index contributed by atoms with van der Waals surface area (Å²) in [5, 5.41) is 11.1. The largest absolute Gasteiger partial charge is 0.374 e. The molecule has 1 aliphatic rings. The Labute approximate surface area is 132 Å². The smallest absolute Gasteiger partial charge is 0.248 e. The van der Waals surface area contributed by atoms with Gasteiger partial charge in [-0.05, 0) is 23.8 Å². The normalized spacial score (nSPS) is 16.6. The highest BCUT2D eigenvalue weighted by Crippen LogP contribution is 2.42. The van der Waals surface area contributed by atoms with Crippen molar-refractivity contribution in [2.24, 2.45) is 5.73 Å². The highest BCUT2D eigenvalue weighted by atomic mass is 32.2. The fourth-order valence-electron chi connectivity index (χ4n) is 2.26. The number of rotatable bonds is 5. The molecule has 0 bridgehead atoms. The molecule has 2 aromatic carbocycles. The number of thioether (sulfide) groups is 1. The lowest BCUT2D eigenvalue weighted by Gasteiger charge is -2.19. The molecule has 5 nitrogen and oxygen atoms in total. The van der Waals surface area contributed by atoms with Gasteiger partial charge in [0.05, 0.1) is 18.9 Å². The van der Waals surface area contributed by atoms with E-state index in [0.29, 0.717) is 24.5 Å². The van der Waals surface area contributed by atoms with Crippen molar-refractivity contribution in [2.75, 3.05) is 11.7 Å². The van der Waals surface area contributed by atoms with Crippen molar-refractivity contribution >= 4 is 23.4 Å². The van der Waals surface area contributed by atoms with Gasteiger partial charge in [0, 0.05) is 10.5 Å². The van der Waals surface area contributed by atoms with E-state index in [1.807, 2.05) is 30.3 Å². The maximum atomic E-state index is 11.2. The Bertz CT molecular complexity index is 678. The molecule has 114 valence electrons. The van der Waals surface area contributed by atoms with Gasteiger partial charge in [0.2, 0.25) is 5.91 Å². The monoisotopic (exact) mass is 316 g/mol. The summed E-state index contributed by atoms with van der Waals surface area (Å²) in [5.74, 6) is -0.509. The van der Waals surface area contributed by atoms with Crippen molar-refractivity contribution in [3.05, 3.63) is 59.7 Å². The van der Waals surface area contributed by atoms with Gasteiger partial charge < -0.3 is 10.5 Å². The summed E-state index contributed by atoms with van der Waals surface area (Å²) in [6.07, 6.45) is 0. The molecule has 0 saturated carbocycles. The van der Waals surface area contributed by atoms with Gasteiger partial charge in [0.25, 0.3) is 0 Å². The third-order valence-corrected chi connectivity index (χ3v) is 4.61. The minimum Gasteiger partial charge on any atom is -0.374 e. The maximum absolute atomic E-state index is 11.2. The first-order valence-electron chi connectivity index (χ1n) is 6.85. The first-order chi connectivity index (χ1) is 10.6. The lowest BCUT2D eigenvalue weighted by Crippen LogP contribution is -2.29. The Kier molecular flexibility index (Phi) is 4.33. The van der Waals surface area contributed by atoms with E-state index < -0.39 is 5.91 Å². The van der Waals surface area contributed by atoms with Crippen molar-refractivity contribution in [3.8, 4) is 0 Å². The number of ether oxygens (including phenoxy) is 1. The predicted molar refractivity (Wildman–Crippen MR) is 85.0 cm³/mol. The number of fused-ring (bicyclic) bond motifs is 1. The Morgan fingerprint density at radius 1 is 1.27 bits per heavy atom. The summed E-state index contributed by atoms with van der Waals surface area (Å²) in [6, 6.07) is 14.9. The second-order valence-electron chi connectivity index (χ2n) is 4.96. The number of nitrogens with zero attached hydrogens (tertiary/aromatic N) is 1. The number of hydrogen-bond donors (Lipinski definition) is 2. The molecule has 0 aliphatic carbocycles.